The van der Waals surface area contributed by atoms with Gasteiger partial charge in [-0.1, -0.05) is 18.2 Å². The molecule has 3 aromatic carbocycles. The Labute approximate surface area is 198 Å². The fourth-order valence-electron chi connectivity index (χ4n) is 4.17. The smallest absolute Gasteiger partial charge is 0.264 e. The lowest BCUT2D eigenvalue weighted by Gasteiger charge is -2.29. The van der Waals surface area contributed by atoms with Gasteiger partial charge in [-0.25, -0.2) is 12.8 Å². The number of fused-ring (bicyclic) bond motifs is 1. The van der Waals surface area contributed by atoms with Crippen LogP contribution in [0.5, 0.6) is 11.5 Å². The van der Waals surface area contributed by atoms with E-state index in [2.05, 4.69) is 0 Å². The van der Waals surface area contributed by atoms with Gasteiger partial charge in [0.05, 0.1) is 24.8 Å². The molecule has 0 saturated heterocycles. The molecule has 4 rings (SSSR count). The van der Waals surface area contributed by atoms with Crippen molar-refractivity contribution in [2.75, 3.05) is 30.0 Å². The fraction of sp³-hybridized carbons (Fsp3) is 0.240. The molecule has 1 heterocycles. The third-order valence-electron chi connectivity index (χ3n) is 5.81. The first kappa shape index (κ1) is 23.6. The van der Waals surface area contributed by atoms with E-state index in [9.17, 15) is 17.6 Å². The zero-order chi connectivity index (χ0) is 24.5. The molecule has 0 aromatic heterocycles. The monoisotopic (exact) mass is 484 g/mol. The van der Waals surface area contributed by atoms with Gasteiger partial charge >= 0.3 is 0 Å². The predicted molar refractivity (Wildman–Crippen MR) is 128 cm³/mol. The van der Waals surface area contributed by atoms with Crippen molar-refractivity contribution >= 4 is 27.3 Å². The van der Waals surface area contributed by atoms with Gasteiger partial charge in [0.2, 0.25) is 5.91 Å². The van der Waals surface area contributed by atoms with Crippen LogP contribution in [0, 0.1) is 5.82 Å². The van der Waals surface area contributed by atoms with E-state index in [1.807, 2.05) is 31.2 Å². The molecule has 0 N–H and O–H groups in total. The molecule has 1 aliphatic heterocycles. The van der Waals surface area contributed by atoms with Crippen molar-refractivity contribution in [2.24, 2.45) is 0 Å². The molecule has 0 bridgehead atoms. The number of ether oxygens (including phenoxy) is 2. The number of hydrogen-bond donors (Lipinski definition) is 0. The molecule has 0 spiro atoms. The summed E-state index contributed by atoms with van der Waals surface area (Å²) in [5.41, 5.74) is 1.96. The highest BCUT2D eigenvalue weighted by Gasteiger charge is 2.35. The number of hydrogen-bond acceptors (Lipinski definition) is 5. The summed E-state index contributed by atoms with van der Waals surface area (Å²) in [7, 11) is -1.36. The standard InChI is InChI=1S/C25H25FN2O5S/c1-17-14-18-6-4-5-7-22(18)28(17)25(29)16-27(20-10-8-19(26)9-11-20)34(30,31)21-12-13-23(32-2)24(15-21)33-3/h4-13,15,17H,14,16H2,1-3H3. The highest BCUT2D eigenvalue weighted by Crippen LogP contribution is 2.34. The number of carbonyl (C=O) groups excluding carboxylic acids is 1. The van der Waals surface area contributed by atoms with Crippen LogP contribution >= 0.6 is 0 Å². The summed E-state index contributed by atoms with van der Waals surface area (Å²) in [4.78, 5) is 15.0. The maximum atomic E-state index is 13.7. The molecule has 34 heavy (non-hydrogen) atoms. The van der Waals surface area contributed by atoms with E-state index >= 15 is 0 Å². The minimum Gasteiger partial charge on any atom is -0.493 e. The number of halogens is 1. The molecule has 178 valence electrons. The van der Waals surface area contributed by atoms with Crippen molar-refractivity contribution in [3.63, 3.8) is 0 Å². The summed E-state index contributed by atoms with van der Waals surface area (Å²) in [6, 6.07) is 16.6. The fourth-order valence-corrected chi connectivity index (χ4v) is 5.60. The average Bonchev–Trinajstić information content (AvgIpc) is 3.18. The van der Waals surface area contributed by atoms with Crippen LogP contribution in [-0.4, -0.2) is 41.1 Å². The van der Waals surface area contributed by atoms with E-state index in [1.165, 1.54) is 44.6 Å². The van der Waals surface area contributed by atoms with Crippen LogP contribution in [0.4, 0.5) is 15.8 Å². The Bertz CT molecular complexity index is 1310. The lowest BCUT2D eigenvalue weighted by Crippen LogP contribution is -2.45. The van der Waals surface area contributed by atoms with Gasteiger partial charge in [-0.2, -0.15) is 0 Å². The maximum Gasteiger partial charge on any atom is 0.264 e. The molecule has 7 nitrogen and oxygen atoms in total. The zero-order valence-electron chi connectivity index (χ0n) is 19.1. The van der Waals surface area contributed by atoms with Gasteiger partial charge in [-0.05, 0) is 61.4 Å². The summed E-state index contributed by atoms with van der Waals surface area (Å²) in [6.45, 7) is 1.46. The number of methoxy groups -OCH3 is 2. The number of nitrogens with zero attached hydrogens (tertiary/aromatic N) is 2. The Hall–Kier alpha value is -3.59. The number of rotatable bonds is 7. The van der Waals surface area contributed by atoms with Crippen molar-refractivity contribution in [3.8, 4) is 11.5 Å². The summed E-state index contributed by atoms with van der Waals surface area (Å²) >= 11 is 0. The quantitative estimate of drug-likeness (QED) is 0.506. The number of carbonyl (C=O) groups is 1. The van der Waals surface area contributed by atoms with E-state index in [4.69, 9.17) is 9.47 Å². The van der Waals surface area contributed by atoms with Crippen molar-refractivity contribution in [3.05, 3.63) is 78.1 Å². The van der Waals surface area contributed by atoms with Gasteiger partial charge in [0, 0.05) is 17.8 Å². The molecule has 3 aromatic rings. The minimum atomic E-state index is -4.22. The molecule has 1 atom stereocenters. The summed E-state index contributed by atoms with van der Waals surface area (Å²) in [5, 5.41) is 0. The molecule has 1 amide bonds. The average molecular weight is 485 g/mol. The lowest BCUT2D eigenvalue weighted by molar-refractivity contribution is -0.117. The molecule has 9 heteroatoms. The van der Waals surface area contributed by atoms with Crippen molar-refractivity contribution < 1.29 is 27.1 Å². The summed E-state index contributed by atoms with van der Waals surface area (Å²) in [6.07, 6.45) is 0.681. The number of sulfonamides is 1. The van der Waals surface area contributed by atoms with Crippen LogP contribution in [0.2, 0.25) is 0 Å². The second kappa shape index (κ2) is 9.34. The van der Waals surface area contributed by atoms with Crippen LogP contribution < -0.4 is 18.7 Å². The molecule has 0 saturated carbocycles. The first-order chi connectivity index (χ1) is 16.3. The Kier molecular flexibility index (Phi) is 6.47. The van der Waals surface area contributed by atoms with Gasteiger partial charge in [-0.3, -0.25) is 9.10 Å². The van der Waals surface area contributed by atoms with E-state index in [0.717, 1.165) is 27.7 Å². The third kappa shape index (κ3) is 4.31. The highest BCUT2D eigenvalue weighted by molar-refractivity contribution is 7.92. The molecule has 0 aliphatic carbocycles. The summed E-state index contributed by atoms with van der Waals surface area (Å²) < 4.78 is 52.5. The second-order valence-corrected chi connectivity index (χ2v) is 9.81. The van der Waals surface area contributed by atoms with Gasteiger partial charge < -0.3 is 14.4 Å². The third-order valence-corrected chi connectivity index (χ3v) is 7.58. The van der Waals surface area contributed by atoms with Crippen LogP contribution in [0.3, 0.4) is 0 Å². The Morgan fingerprint density at radius 2 is 1.71 bits per heavy atom. The van der Waals surface area contributed by atoms with Gasteiger partial charge in [-0.15, -0.1) is 0 Å². The molecule has 1 aliphatic rings. The summed E-state index contributed by atoms with van der Waals surface area (Å²) in [5.74, 6) is -0.295. The minimum absolute atomic E-state index is 0.0860. The Morgan fingerprint density at radius 3 is 2.38 bits per heavy atom. The lowest BCUT2D eigenvalue weighted by atomic mass is 10.1. The highest BCUT2D eigenvalue weighted by atomic mass is 32.2. The molecular formula is C25H25FN2O5S. The number of benzene rings is 3. The molecular weight excluding hydrogens is 459 g/mol. The topological polar surface area (TPSA) is 76.2 Å². The van der Waals surface area contributed by atoms with Crippen molar-refractivity contribution in [1.29, 1.82) is 0 Å². The number of amides is 1. The Balaban J connectivity index is 1.75. The first-order valence-electron chi connectivity index (χ1n) is 10.7. The van der Waals surface area contributed by atoms with Crippen LogP contribution in [0.15, 0.2) is 71.6 Å². The van der Waals surface area contributed by atoms with Crippen molar-refractivity contribution in [2.45, 2.75) is 24.3 Å². The number of para-hydroxylation sites is 1. The maximum absolute atomic E-state index is 13.7. The first-order valence-corrected chi connectivity index (χ1v) is 12.1. The van der Waals surface area contributed by atoms with Crippen LogP contribution in [0.25, 0.3) is 0 Å². The van der Waals surface area contributed by atoms with Gasteiger partial charge in [0.25, 0.3) is 10.0 Å². The van der Waals surface area contributed by atoms with Gasteiger partial charge in [0.1, 0.15) is 12.4 Å². The molecule has 0 radical (unpaired) electrons. The largest absolute Gasteiger partial charge is 0.493 e. The SMILES string of the molecule is COc1ccc(S(=O)(=O)N(CC(=O)N2c3ccccc3CC2C)c2ccc(F)cc2)cc1OC. The van der Waals surface area contributed by atoms with Crippen LogP contribution in [0.1, 0.15) is 12.5 Å². The van der Waals surface area contributed by atoms with E-state index in [0.29, 0.717) is 12.2 Å². The van der Waals surface area contributed by atoms with Crippen LogP contribution in [-0.2, 0) is 21.2 Å². The number of anilines is 2. The second-order valence-electron chi connectivity index (χ2n) is 7.95. The van der Waals surface area contributed by atoms with Crippen molar-refractivity contribution in [1.82, 2.24) is 0 Å². The molecule has 1 unspecified atom stereocenters. The van der Waals surface area contributed by atoms with E-state index < -0.39 is 22.4 Å². The van der Waals surface area contributed by atoms with E-state index in [-0.39, 0.29) is 28.3 Å². The normalized spacial score (nSPS) is 15.1. The Morgan fingerprint density at radius 1 is 1.03 bits per heavy atom. The zero-order valence-corrected chi connectivity index (χ0v) is 19.9. The predicted octanol–water partition coefficient (Wildman–Crippen LogP) is 4.02. The van der Waals surface area contributed by atoms with Gasteiger partial charge in [0.15, 0.2) is 11.5 Å². The molecule has 0 fully saturated rings. The van der Waals surface area contributed by atoms with E-state index in [1.54, 1.807) is 4.90 Å².